The quantitative estimate of drug-likeness (QED) is 0.415. The van der Waals surface area contributed by atoms with Crippen LogP contribution in [-0.2, 0) is 18.4 Å². The van der Waals surface area contributed by atoms with Crippen LogP contribution in [0.3, 0.4) is 0 Å². The zero-order valence-corrected chi connectivity index (χ0v) is 18.0. The maximum atomic E-state index is 13.4. The summed E-state index contributed by atoms with van der Waals surface area (Å²) in [5.41, 5.74) is 2.57. The third kappa shape index (κ3) is 4.83. The molecular formula is C22H21FN6OS. The van der Waals surface area contributed by atoms with Crippen LogP contribution in [0, 0.1) is 5.82 Å². The fourth-order valence-electron chi connectivity index (χ4n) is 3.11. The van der Waals surface area contributed by atoms with E-state index in [4.69, 9.17) is 0 Å². The van der Waals surface area contributed by atoms with Gasteiger partial charge in [-0.05, 0) is 36.4 Å². The van der Waals surface area contributed by atoms with Gasteiger partial charge in [-0.2, -0.15) is 5.10 Å². The summed E-state index contributed by atoms with van der Waals surface area (Å²) in [4.78, 5) is 14.3. The fourth-order valence-corrected chi connectivity index (χ4v) is 4.00. The number of thioether (sulfide) groups is 1. The number of hydrogen-bond acceptors (Lipinski definition) is 5. The third-order valence-electron chi connectivity index (χ3n) is 4.68. The number of hydrogen-bond donors (Lipinski definition) is 0. The predicted molar refractivity (Wildman–Crippen MR) is 117 cm³/mol. The summed E-state index contributed by atoms with van der Waals surface area (Å²) in [5.74, 6) is 0.460. The van der Waals surface area contributed by atoms with E-state index in [2.05, 4.69) is 15.3 Å². The van der Waals surface area contributed by atoms with Gasteiger partial charge in [-0.3, -0.25) is 14.0 Å². The smallest absolute Gasteiger partial charge is 0.233 e. The first kappa shape index (κ1) is 20.8. The van der Waals surface area contributed by atoms with Gasteiger partial charge >= 0.3 is 0 Å². The Bertz CT molecular complexity index is 1170. The Kier molecular flexibility index (Phi) is 6.13. The molecule has 2 heterocycles. The number of carbonyl (C=O) groups is 1. The van der Waals surface area contributed by atoms with Crippen molar-refractivity contribution in [3.63, 3.8) is 0 Å². The van der Waals surface area contributed by atoms with Crippen molar-refractivity contribution in [2.24, 2.45) is 7.05 Å². The first-order valence-corrected chi connectivity index (χ1v) is 10.6. The van der Waals surface area contributed by atoms with Gasteiger partial charge in [0.2, 0.25) is 5.91 Å². The molecule has 0 radical (unpaired) electrons. The van der Waals surface area contributed by atoms with Crippen molar-refractivity contribution in [1.29, 1.82) is 0 Å². The number of nitrogens with zero attached hydrogens (tertiary/aromatic N) is 6. The number of halogens is 1. The van der Waals surface area contributed by atoms with Crippen LogP contribution in [0.1, 0.15) is 5.56 Å². The van der Waals surface area contributed by atoms with Crippen LogP contribution in [-0.4, -0.2) is 48.2 Å². The maximum Gasteiger partial charge on any atom is 0.233 e. The molecule has 4 aromatic rings. The molecule has 2 aromatic heterocycles. The molecule has 0 aliphatic carbocycles. The second-order valence-electron chi connectivity index (χ2n) is 7.04. The van der Waals surface area contributed by atoms with Crippen molar-refractivity contribution in [3.05, 3.63) is 78.4 Å². The lowest BCUT2D eigenvalue weighted by Gasteiger charge is -2.16. The fraction of sp³-hybridized carbons (Fsp3) is 0.182. The molecule has 0 fully saturated rings. The molecule has 9 heteroatoms. The molecule has 1 amide bonds. The van der Waals surface area contributed by atoms with E-state index in [1.807, 2.05) is 48.1 Å². The van der Waals surface area contributed by atoms with Crippen molar-refractivity contribution in [2.75, 3.05) is 12.8 Å². The van der Waals surface area contributed by atoms with Gasteiger partial charge in [-0.1, -0.05) is 30.0 Å². The molecule has 2 aromatic carbocycles. The van der Waals surface area contributed by atoms with Crippen LogP contribution < -0.4 is 0 Å². The van der Waals surface area contributed by atoms with Crippen molar-refractivity contribution >= 4 is 17.7 Å². The van der Waals surface area contributed by atoms with E-state index < -0.39 is 0 Å². The van der Waals surface area contributed by atoms with Gasteiger partial charge in [-0.25, -0.2) is 4.39 Å². The average Bonchev–Trinajstić information content (AvgIpc) is 3.39. The number of aryl methyl sites for hydroxylation is 1. The predicted octanol–water partition coefficient (Wildman–Crippen LogP) is 3.56. The van der Waals surface area contributed by atoms with Crippen molar-refractivity contribution in [2.45, 2.75) is 11.7 Å². The van der Waals surface area contributed by atoms with E-state index in [-0.39, 0.29) is 17.5 Å². The molecule has 0 saturated carbocycles. The van der Waals surface area contributed by atoms with Gasteiger partial charge in [-0.15, -0.1) is 10.2 Å². The zero-order valence-electron chi connectivity index (χ0n) is 17.1. The Balaban J connectivity index is 1.55. The van der Waals surface area contributed by atoms with Crippen LogP contribution in [0.4, 0.5) is 4.39 Å². The molecular weight excluding hydrogens is 415 g/mol. The Hall–Kier alpha value is -3.46. The van der Waals surface area contributed by atoms with Gasteiger partial charge in [0.25, 0.3) is 0 Å². The first-order valence-electron chi connectivity index (χ1n) is 9.62. The summed E-state index contributed by atoms with van der Waals surface area (Å²) in [7, 11) is 3.61. The molecule has 0 saturated heterocycles. The molecule has 0 spiro atoms. The first-order chi connectivity index (χ1) is 15.0. The molecule has 7 nitrogen and oxygen atoms in total. The molecule has 158 valence electrons. The highest BCUT2D eigenvalue weighted by Crippen LogP contribution is 2.28. The van der Waals surface area contributed by atoms with Crippen LogP contribution in [0.2, 0.25) is 0 Å². The molecule has 0 atom stereocenters. The molecule has 0 aliphatic heterocycles. The highest BCUT2D eigenvalue weighted by Gasteiger charge is 2.18. The number of rotatable bonds is 7. The van der Waals surface area contributed by atoms with Gasteiger partial charge in [0.05, 0.1) is 11.9 Å². The van der Waals surface area contributed by atoms with E-state index in [9.17, 15) is 9.18 Å². The van der Waals surface area contributed by atoms with E-state index in [1.165, 1.54) is 23.9 Å². The van der Waals surface area contributed by atoms with E-state index in [0.717, 1.165) is 16.8 Å². The molecule has 0 aliphatic rings. The Labute approximate surface area is 183 Å². The summed E-state index contributed by atoms with van der Waals surface area (Å²) in [6.07, 6.45) is 3.63. The van der Waals surface area contributed by atoms with Crippen molar-refractivity contribution < 1.29 is 9.18 Å². The molecule has 0 unspecified atom stereocenters. The largest absolute Gasteiger partial charge is 0.341 e. The summed E-state index contributed by atoms with van der Waals surface area (Å²) in [6, 6.07) is 15.8. The number of carbonyl (C=O) groups excluding carboxylic acids is 1. The van der Waals surface area contributed by atoms with E-state index in [0.29, 0.717) is 17.5 Å². The summed E-state index contributed by atoms with van der Waals surface area (Å²) in [6.45, 7) is 0.486. The normalized spacial score (nSPS) is 10.9. The Morgan fingerprint density at radius 2 is 1.84 bits per heavy atom. The average molecular weight is 437 g/mol. The SMILES string of the molecule is CN(Cc1cnn(C)c1)C(=O)CSc1nnc(-c2ccc(F)cc2)n1-c1ccccc1. The van der Waals surface area contributed by atoms with E-state index >= 15 is 0 Å². The minimum atomic E-state index is -0.314. The maximum absolute atomic E-state index is 13.4. The lowest BCUT2D eigenvalue weighted by molar-refractivity contribution is -0.127. The lowest BCUT2D eigenvalue weighted by Crippen LogP contribution is -2.27. The number of aromatic nitrogens is 5. The van der Waals surface area contributed by atoms with Gasteiger partial charge < -0.3 is 4.90 Å². The number of benzene rings is 2. The summed E-state index contributed by atoms with van der Waals surface area (Å²) < 4.78 is 17.0. The second kappa shape index (κ2) is 9.13. The zero-order chi connectivity index (χ0) is 21.8. The van der Waals surface area contributed by atoms with Crippen LogP contribution in [0.15, 0.2) is 72.1 Å². The third-order valence-corrected chi connectivity index (χ3v) is 5.59. The highest BCUT2D eigenvalue weighted by molar-refractivity contribution is 7.99. The standard InChI is InChI=1S/C22H21FN6OS/c1-27(13-16-12-24-28(2)14-16)20(30)15-31-22-26-25-21(17-8-10-18(23)11-9-17)29(22)19-6-4-3-5-7-19/h3-12,14H,13,15H2,1-2H3. The minimum absolute atomic E-state index is 0.0280. The van der Waals surface area contributed by atoms with Crippen molar-refractivity contribution in [1.82, 2.24) is 29.4 Å². The van der Waals surface area contributed by atoms with Crippen LogP contribution in [0.5, 0.6) is 0 Å². The molecule has 4 rings (SSSR count). The summed E-state index contributed by atoms with van der Waals surface area (Å²) in [5, 5.41) is 13.4. The van der Waals surface area contributed by atoms with Gasteiger partial charge in [0.1, 0.15) is 5.82 Å². The minimum Gasteiger partial charge on any atom is -0.341 e. The lowest BCUT2D eigenvalue weighted by atomic mass is 10.2. The van der Waals surface area contributed by atoms with Gasteiger partial charge in [0, 0.05) is 43.7 Å². The number of amides is 1. The molecule has 0 bridgehead atoms. The highest BCUT2D eigenvalue weighted by atomic mass is 32.2. The van der Waals surface area contributed by atoms with Crippen LogP contribution >= 0.6 is 11.8 Å². The molecule has 0 N–H and O–H groups in total. The van der Waals surface area contributed by atoms with Crippen molar-refractivity contribution in [3.8, 4) is 17.1 Å². The summed E-state index contributed by atoms with van der Waals surface area (Å²) >= 11 is 1.32. The van der Waals surface area contributed by atoms with E-state index in [1.54, 1.807) is 35.0 Å². The number of para-hydroxylation sites is 1. The molecule has 31 heavy (non-hydrogen) atoms. The topological polar surface area (TPSA) is 68.8 Å². The monoisotopic (exact) mass is 436 g/mol. The Morgan fingerprint density at radius 1 is 1.10 bits per heavy atom. The van der Waals surface area contributed by atoms with Gasteiger partial charge in [0.15, 0.2) is 11.0 Å². The Morgan fingerprint density at radius 3 is 2.52 bits per heavy atom. The van der Waals surface area contributed by atoms with Crippen LogP contribution in [0.25, 0.3) is 17.1 Å². The second-order valence-corrected chi connectivity index (χ2v) is 7.99.